The molecule has 2 aromatic carbocycles. The zero-order valence-electron chi connectivity index (χ0n) is 10.8. The Morgan fingerprint density at radius 2 is 1.60 bits per heavy atom. The van der Waals surface area contributed by atoms with Crippen molar-refractivity contribution in [2.45, 2.75) is 6.92 Å². The van der Waals surface area contributed by atoms with Crippen LogP contribution in [0.5, 0.6) is 0 Å². The average molecular weight is 328 g/mol. The Hall–Kier alpha value is -1.35. The monoisotopic (exact) mass is 326 g/mol. The first-order valence-corrected chi connectivity index (χ1v) is 7.13. The Morgan fingerprint density at radius 1 is 0.900 bits per heavy atom. The standard InChI is InChI=1S/C15H13Cl3N2/c1-2-15(19-11-5-3-4-10(16)8-11)20-12-6-7-13(17)14(18)9-12/h2-9,19-20H,1H3/b15-2-. The number of allylic oxidation sites excluding steroid dienone is 1. The van der Waals surface area contributed by atoms with Gasteiger partial charge < -0.3 is 10.6 Å². The lowest BCUT2D eigenvalue weighted by Crippen LogP contribution is -2.09. The van der Waals surface area contributed by atoms with Crippen LogP contribution in [0.25, 0.3) is 0 Å². The topological polar surface area (TPSA) is 24.1 Å². The van der Waals surface area contributed by atoms with E-state index in [1.807, 2.05) is 43.3 Å². The summed E-state index contributed by atoms with van der Waals surface area (Å²) in [6.45, 7) is 1.93. The fourth-order valence-electron chi connectivity index (χ4n) is 1.63. The first-order chi connectivity index (χ1) is 9.58. The van der Waals surface area contributed by atoms with Crippen molar-refractivity contribution in [2.75, 3.05) is 10.6 Å². The molecule has 0 saturated heterocycles. The molecule has 104 valence electrons. The minimum absolute atomic E-state index is 0.509. The van der Waals surface area contributed by atoms with Crippen molar-refractivity contribution in [3.8, 4) is 0 Å². The van der Waals surface area contributed by atoms with Crippen LogP contribution in [-0.4, -0.2) is 0 Å². The van der Waals surface area contributed by atoms with Crippen LogP contribution in [0.15, 0.2) is 54.4 Å². The van der Waals surface area contributed by atoms with Crippen molar-refractivity contribution < 1.29 is 0 Å². The summed E-state index contributed by atoms with van der Waals surface area (Å²) in [5.41, 5.74) is 1.75. The van der Waals surface area contributed by atoms with Crippen LogP contribution in [0, 0.1) is 0 Å². The molecule has 2 nitrogen and oxygen atoms in total. The third-order valence-electron chi connectivity index (χ3n) is 2.59. The van der Waals surface area contributed by atoms with Crippen LogP contribution in [0.4, 0.5) is 11.4 Å². The smallest absolute Gasteiger partial charge is 0.103 e. The van der Waals surface area contributed by atoms with E-state index in [0.29, 0.717) is 15.1 Å². The maximum atomic E-state index is 5.99. The summed E-state index contributed by atoms with van der Waals surface area (Å²) < 4.78 is 0. The van der Waals surface area contributed by atoms with Gasteiger partial charge in [0.1, 0.15) is 5.82 Å². The average Bonchev–Trinajstić information content (AvgIpc) is 2.42. The first kappa shape index (κ1) is 15.0. The molecule has 2 rings (SSSR count). The lowest BCUT2D eigenvalue weighted by molar-refractivity contribution is 1.34. The molecule has 0 radical (unpaired) electrons. The minimum atomic E-state index is 0.509. The zero-order chi connectivity index (χ0) is 14.5. The van der Waals surface area contributed by atoms with Crippen LogP contribution in [-0.2, 0) is 0 Å². The highest BCUT2D eigenvalue weighted by molar-refractivity contribution is 6.42. The molecule has 0 heterocycles. The van der Waals surface area contributed by atoms with Crippen molar-refractivity contribution in [2.24, 2.45) is 0 Å². The Bertz CT molecular complexity index is 639. The molecule has 0 unspecified atom stereocenters. The van der Waals surface area contributed by atoms with E-state index in [2.05, 4.69) is 10.6 Å². The largest absolute Gasteiger partial charge is 0.342 e. The van der Waals surface area contributed by atoms with Gasteiger partial charge in [0.2, 0.25) is 0 Å². The summed E-state index contributed by atoms with van der Waals surface area (Å²) in [5.74, 6) is 0.825. The van der Waals surface area contributed by atoms with E-state index in [1.54, 1.807) is 12.1 Å². The molecular formula is C15H13Cl3N2. The second-order valence-electron chi connectivity index (χ2n) is 4.09. The first-order valence-electron chi connectivity index (χ1n) is 5.99. The maximum Gasteiger partial charge on any atom is 0.103 e. The highest BCUT2D eigenvalue weighted by atomic mass is 35.5. The minimum Gasteiger partial charge on any atom is -0.342 e. The molecule has 0 aliphatic rings. The maximum absolute atomic E-state index is 5.99. The highest BCUT2D eigenvalue weighted by Gasteiger charge is 2.02. The lowest BCUT2D eigenvalue weighted by atomic mass is 10.3. The van der Waals surface area contributed by atoms with E-state index in [9.17, 15) is 0 Å². The van der Waals surface area contributed by atoms with Gasteiger partial charge >= 0.3 is 0 Å². The number of hydrogen-bond acceptors (Lipinski definition) is 2. The quantitative estimate of drug-likeness (QED) is 0.716. The molecular weight excluding hydrogens is 315 g/mol. The second-order valence-corrected chi connectivity index (χ2v) is 5.34. The van der Waals surface area contributed by atoms with E-state index < -0.39 is 0 Å². The Morgan fingerprint density at radius 3 is 2.20 bits per heavy atom. The predicted octanol–water partition coefficient (Wildman–Crippen LogP) is 6.03. The van der Waals surface area contributed by atoms with Crippen LogP contribution in [0.2, 0.25) is 15.1 Å². The molecule has 2 aromatic rings. The molecule has 0 fully saturated rings. The van der Waals surface area contributed by atoms with Crippen molar-refractivity contribution in [3.05, 3.63) is 69.4 Å². The number of rotatable bonds is 4. The molecule has 20 heavy (non-hydrogen) atoms. The fourth-order valence-corrected chi connectivity index (χ4v) is 2.12. The van der Waals surface area contributed by atoms with Gasteiger partial charge in [-0.15, -0.1) is 0 Å². The van der Waals surface area contributed by atoms with Gasteiger partial charge in [-0.2, -0.15) is 0 Å². The number of hydrogen-bond donors (Lipinski definition) is 2. The van der Waals surface area contributed by atoms with Gasteiger partial charge in [0.05, 0.1) is 10.0 Å². The van der Waals surface area contributed by atoms with Crippen LogP contribution >= 0.6 is 34.8 Å². The molecule has 0 bridgehead atoms. The number of nitrogens with one attached hydrogen (secondary N) is 2. The number of anilines is 2. The Kier molecular flexibility index (Phi) is 5.18. The second kappa shape index (κ2) is 6.89. The molecule has 0 amide bonds. The molecule has 0 spiro atoms. The van der Waals surface area contributed by atoms with E-state index in [0.717, 1.165) is 17.2 Å². The van der Waals surface area contributed by atoms with Gasteiger partial charge in [0.25, 0.3) is 0 Å². The molecule has 2 N–H and O–H groups in total. The third kappa shape index (κ3) is 4.07. The fraction of sp³-hybridized carbons (Fsp3) is 0.0667. The summed E-state index contributed by atoms with van der Waals surface area (Å²) in [4.78, 5) is 0. The Labute approximate surface area is 133 Å². The summed E-state index contributed by atoms with van der Waals surface area (Å²) >= 11 is 17.8. The van der Waals surface area contributed by atoms with Gasteiger partial charge in [-0.1, -0.05) is 40.9 Å². The molecule has 0 aliphatic heterocycles. The Balaban J connectivity index is 2.11. The van der Waals surface area contributed by atoms with Gasteiger partial charge in [0, 0.05) is 16.4 Å². The van der Waals surface area contributed by atoms with E-state index in [-0.39, 0.29) is 0 Å². The normalized spacial score (nSPS) is 11.3. The van der Waals surface area contributed by atoms with Gasteiger partial charge in [0.15, 0.2) is 0 Å². The number of halogens is 3. The predicted molar refractivity (Wildman–Crippen MR) is 88.9 cm³/mol. The summed E-state index contributed by atoms with van der Waals surface area (Å²) in [6, 6.07) is 12.9. The molecule has 0 saturated carbocycles. The van der Waals surface area contributed by atoms with Gasteiger partial charge in [-0.25, -0.2) is 0 Å². The summed E-state index contributed by atoms with van der Waals surface area (Å²) in [7, 11) is 0. The number of benzene rings is 2. The molecule has 0 atom stereocenters. The lowest BCUT2D eigenvalue weighted by Gasteiger charge is -2.14. The third-order valence-corrected chi connectivity index (χ3v) is 3.57. The van der Waals surface area contributed by atoms with Gasteiger partial charge in [-0.3, -0.25) is 0 Å². The van der Waals surface area contributed by atoms with Gasteiger partial charge in [-0.05, 0) is 49.4 Å². The van der Waals surface area contributed by atoms with Crippen molar-refractivity contribution in [1.29, 1.82) is 0 Å². The SMILES string of the molecule is C/C=C(/Nc1cccc(Cl)c1)Nc1ccc(Cl)c(Cl)c1. The molecule has 5 heteroatoms. The molecule has 0 aromatic heterocycles. The summed E-state index contributed by atoms with van der Waals surface area (Å²) in [6.07, 6.45) is 1.92. The van der Waals surface area contributed by atoms with E-state index in [1.165, 1.54) is 0 Å². The van der Waals surface area contributed by atoms with E-state index >= 15 is 0 Å². The summed E-state index contributed by atoms with van der Waals surface area (Å²) in [5, 5.41) is 8.19. The molecule has 0 aliphatic carbocycles. The van der Waals surface area contributed by atoms with Crippen molar-refractivity contribution in [1.82, 2.24) is 0 Å². The van der Waals surface area contributed by atoms with E-state index in [4.69, 9.17) is 34.8 Å². The van der Waals surface area contributed by atoms with Crippen LogP contribution in [0.1, 0.15) is 6.92 Å². The van der Waals surface area contributed by atoms with Crippen molar-refractivity contribution >= 4 is 46.2 Å². The van der Waals surface area contributed by atoms with Crippen LogP contribution in [0.3, 0.4) is 0 Å². The van der Waals surface area contributed by atoms with Crippen molar-refractivity contribution in [3.63, 3.8) is 0 Å². The highest BCUT2D eigenvalue weighted by Crippen LogP contribution is 2.26. The van der Waals surface area contributed by atoms with Crippen LogP contribution < -0.4 is 10.6 Å². The zero-order valence-corrected chi connectivity index (χ0v) is 13.0.